The van der Waals surface area contributed by atoms with Gasteiger partial charge in [-0.2, -0.15) is 21.0 Å². The first-order valence-electron chi connectivity index (χ1n) is 4.27. The van der Waals surface area contributed by atoms with Crippen molar-refractivity contribution < 1.29 is 13.0 Å². The molecule has 0 radical (unpaired) electrons. The topological polar surface area (TPSA) is 80.4 Å². The third kappa shape index (κ3) is 6.51. The number of hydrogen-bond donors (Lipinski definition) is 3. The van der Waals surface area contributed by atoms with Crippen molar-refractivity contribution in [1.82, 2.24) is 0 Å². The third-order valence-corrected chi connectivity index (χ3v) is 2.57. The van der Waals surface area contributed by atoms with Gasteiger partial charge in [-0.1, -0.05) is 17.7 Å². The highest BCUT2D eigenvalue weighted by molar-refractivity contribution is 7.85. The van der Waals surface area contributed by atoms with Crippen molar-refractivity contribution in [2.75, 3.05) is 12.3 Å². The minimum atomic E-state index is -4.02. The molecule has 0 bridgehead atoms. The maximum absolute atomic E-state index is 10.5. The fraction of sp³-hybridized carbons (Fsp3) is 0.333. The summed E-state index contributed by atoms with van der Waals surface area (Å²) in [4.78, 5) is -0.0666. The summed E-state index contributed by atoms with van der Waals surface area (Å²) in [6.45, 7) is 2.52. The summed E-state index contributed by atoms with van der Waals surface area (Å²) >= 11 is 3.80. The molecule has 1 aromatic carbocycles. The predicted octanol–water partition coefficient (Wildman–Crippen LogP) is 1.12. The summed E-state index contributed by atoms with van der Waals surface area (Å²) in [5, 5.41) is 0. The fourth-order valence-electron chi connectivity index (χ4n) is 0.710. The van der Waals surface area contributed by atoms with Crippen molar-refractivity contribution in [1.29, 1.82) is 0 Å². The van der Waals surface area contributed by atoms with Crippen LogP contribution in [-0.2, 0) is 10.1 Å². The van der Waals surface area contributed by atoms with Gasteiger partial charge < -0.3 is 5.73 Å². The van der Waals surface area contributed by atoms with Crippen molar-refractivity contribution in [2.24, 2.45) is 5.73 Å². The van der Waals surface area contributed by atoms with Gasteiger partial charge >= 0.3 is 0 Å². The molecule has 0 aliphatic rings. The second-order valence-electron chi connectivity index (χ2n) is 2.80. The van der Waals surface area contributed by atoms with Gasteiger partial charge in [-0.15, -0.1) is 0 Å². The van der Waals surface area contributed by atoms with E-state index >= 15 is 0 Å². The number of thiol groups is 1. The Morgan fingerprint density at radius 3 is 2.00 bits per heavy atom. The lowest BCUT2D eigenvalue weighted by Gasteiger charge is -1.95. The van der Waals surface area contributed by atoms with Gasteiger partial charge in [-0.05, 0) is 19.1 Å². The van der Waals surface area contributed by atoms with Gasteiger partial charge in [0.2, 0.25) is 0 Å². The monoisotopic (exact) mass is 249 g/mol. The van der Waals surface area contributed by atoms with E-state index in [1.54, 1.807) is 12.1 Å². The first-order chi connectivity index (χ1) is 6.91. The third-order valence-electron chi connectivity index (χ3n) is 1.45. The molecule has 0 fully saturated rings. The Labute approximate surface area is 95.7 Å². The molecule has 0 aromatic heterocycles. The molecule has 86 valence electrons. The van der Waals surface area contributed by atoms with Crippen molar-refractivity contribution in [3.63, 3.8) is 0 Å². The first kappa shape index (κ1) is 14.4. The van der Waals surface area contributed by atoms with E-state index in [4.69, 9.17) is 10.3 Å². The molecule has 0 saturated heterocycles. The molecule has 1 aromatic rings. The van der Waals surface area contributed by atoms with Crippen LogP contribution in [0.2, 0.25) is 0 Å². The molecule has 3 N–H and O–H groups in total. The molecular formula is C9H15NO3S2. The van der Waals surface area contributed by atoms with E-state index in [9.17, 15) is 8.42 Å². The first-order valence-corrected chi connectivity index (χ1v) is 6.34. The fourth-order valence-corrected chi connectivity index (χ4v) is 1.19. The molecule has 15 heavy (non-hydrogen) atoms. The largest absolute Gasteiger partial charge is 0.330 e. The number of aryl methyl sites for hydroxylation is 1. The zero-order valence-corrected chi connectivity index (χ0v) is 10.1. The number of nitrogens with two attached hydrogens (primary N) is 1. The lowest BCUT2D eigenvalue weighted by atomic mass is 10.2. The van der Waals surface area contributed by atoms with Crippen molar-refractivity contribution in [2.45, 2.75) is 11.8 Å². The molecule has 0 heterocycles. The van der Waals surface area contributed by atoms with E-state index < -0.39 is 10.1 Å². The lowest BCUT2D eigenvalue weighted by Crippen LogP contribution is -1.97. The van der Waals surface area contributed by atoms with Gasteiger partial charge in [0.05, 0.1) is 4.90 Å². The molecule has 4 nitrogen and oxygen atoms in total. The number of benzene rings is 1. The van der Waals surface area contributed by atoms with Crippen molar-refractivity contribution >= 4 is 22.7 Å². The van der Waals surface area contributed by atoms with Crippen LogP contribution in [0.3, 0.4) is 0 Å². The predicted molar refractivity (Wildman–Crippen MR) is 63.9 cm³/mol. The summed E-state index contributed by atoms with van der Waals surface area (Å²) in [7, 11) is -4.02. The van der Waals surface area contributed by atoms with Crippen LogP contribution in [0.1, 0.15) is 5.56 Å². The lowest BCUT2D eigenvalue weighted by molar-refractivity contribution is 0.483. The summed E-state index contributed by atoms with van der Waals surface area (Å²) < 4.78 is 29.6. The molecule has 0 spiro atoms. The van der Waals surface area contributed by atoms with Crippen LogP contribution < -0.4 is 5.73 Å². The molecule has 0 saturated carbocycles. The molecule has 1 rings (SSSR count). The Balaban J connectivity index is 0.000000423. The van der Waals surface area contributed by atoms with E-state index in [2.05, 4.69) is 12.6 Å². The van der Waals surface area contributed by atoms with Crippen LogP contribution in [0.25, 0.3) is 0 Å². The smallest absolute Gasteiger partial charge is 0.294 e. The second-order valence-corrected chi connectivity index (χ2v) is 4.67. The Kier molecular flexibility index (Phi) is 6.58. The molecule has 0 aliphatic heterocycles. The molecule has 0 aliphatic carbocycles. The Bertz CT molecular complexity index is 371. The highest BCUT2D eigenvalue weighted by Crippen LogP contribution is 2.08. The zero-order valence-electron chi connectivity index (χ0n) is 8.42. The van der Waals surface area contributed by atoms with Gasteiger partial charge in [-0.3, -0.25) is 4.55 Å². The maximum atomic E-state index is 10.5. The average Bonchev–Trinajstić information content (AvgIpc) is 2.17. The van der Waals surface area contributed by atoms with Crippen LogP contribution in [-0.4, -0.2) is 25.3 Å². The Morgan fingerprint density at radius 1 is 1.33 bits per heavy atom. The van der Waals surface area contributed by atoms with Gasteiger partial charge in [0.15, 0.2) is 0 Å². The Morgan fingerprint density at radius 2 is 1.73 bits per heavy atom. The molecule has 0 amide bonds. The number of rotatable bonds is 2. The Hall–Kier alpha value is -0.560. The van der Waals surface area contributed by atoms with E-state index in [1.165, 1.54) is 12.1 Å². The summed E-state index contributed by atoms with van der Waals surface area (Å²) in [5.41, 5.74) is 5.91. The van der Waals surface area contributed by atoms with Gasteiger partial charge in [0.1, 0.15) is 0 Å². The van der Waals surface area contributed by atoms with Gasteiger partial charge in [0.25, 0.3) is 10.1 Å². The van der Waals surface area contributed by atoms with Crippen LogP contribution in [0, 0.1) is 6.92 Å². The molecule has 0 unspecified atom stereocenters. The number of hydrogen-bond acceptors (Lipinski definition) is 4. The van der Waals surface area contributed by atoms with E-state index in [0.717, 1.165) is 11.3 Å². The minimum absolute atomic E-state index is 0.0666. The minimum Gasteiger partial charge on any atom is -0.330 e. The second kappa shape index (κ2) is 6.84. The van der Waals surface area contributed by atoms with E-state index in [1.807, 2.05) is 6.92 Å². The van der Waals surface area contributed by atoms with Crippen LogP contribution in [0.5, 0.6) is 0 Å². The summed E-state index contributed by atoms with van der Waals surface area (Å²) in [5.74, 6) is 0.792. The van der Waals surface area contributed by atoms with E-state index in [0.29, 0.717) is 6.54 Å². The standard InChI is InChI=1S/C7H8O3S.C2H7NS/c1-6-2-4-7(5-3-6)11(8,9)10;3-1-2-4/h2-5H,1H3,(H,8,9,10);4H,1-3H2. The van der Waals surface area contributed by atoms with Gasteiger partial charge in [0, 0.05) is 12.3 Å². The molecule has 0 atom stereocenters. The van der Waals surface area contributed by atoms with Gasteiger partial charge in [-0.25, -0.2) is 0 Å². The SMILES string of the molecule is Cc1ccc(S(=O)(=O)O)cc1.NCCS. The zero-order chi connectivity index (χ0) is 11.9. The summed E-state index contributed by atoms with van der Waals surface area (Å²) in [6, 6.07) is 5.99. The van der Waals surface area contributed by atoms with Crippen molar-refractivity contribution in [3.05, 3.63) is 29.8 Å². The maximum Gasteiger partial charge on any atom is 0.294 e. The van der Waals surface area contributed by atoms with E-state index in [-0.39, 0.29) is 4.90 Å². The normalized spacial score (nSPS) is 10.4. The average molecular weight is 249 g/mol. The highest BCUT2D eigenvalue weighted by atomic mass is 32.2. The quantitative estimate of drug-likeness (QED) is 0.542. The van der Waals surface area contributed by atoms with Crippen molar-refractivity contribution in [3.8, 4) is 0 Å². The van der Waals surface area contributed by atoms with Crippen LogP contribution in [0.4, 0.5) is 0 Å². The molecular weight excluding hydrogens is 234 g/mol. The summed E-state index contributed by atoms with van der Waals surface area (Å²) in [6.07, 6.45) is 0. The van der Waals surface area contributed by atoms with Crippen LogP contribution >= 0.6 is 12.6 Å². The highest BCUT2D eigenvalue weighted by Gasteiger charge is 2.06. The van der Waals surface area contributed by atoms with Crippen LogP contribution in [0.15, 0.2) is 29.2 Å². The molecule has 6 heteroatoms.